The summed E-state index contributed by atoms with van der Waals surface area (Å²) in [5, 5.41) is 1.42. The van der Waals surface area contributed by atoms with Crippen LogP contribution in [0.1, 0.15) is 18.4 Å². The second-order valence-corrected chi connectivity index (χ2v) is 4.12. The van der Waals surface area contributed by atoms with E-state index in [1.165, 1.54) is 0 Å². The fourth-order valence-corrected chi connectivity index (χ4v) is 1.76. The Labute approximate surface area is 81.5 Å². The van der Waals surface area contributed by atoms with E-state index in [2.05, 4.69) is 0 Å². The summed E-state index contributed by atoms with van der Waals surface area (Å²) in [7, 11) is 0. The molecule has 12 heavy (non-hydrogen) atoms. The molecule has 1 aliphatic rings. The number of hydrogen-bond acceptors (Lipinski definition) is 1. The third-order valence-corrected chi connectivity index (χ3v) is 2.82. The second kappa shape index (κ2) is 2.63. The molecule has 0 radical (unpaired) electrons. The molecule has 0 aromatic heterocycles. The lowest BCUT2D eigenvalue weighted by Gasteiger charge is -2.11. The Hall–Kier alpha value is -0.240. The summed E-state index contributed by atoms with van der Waals surface area (Å²) < 4.78 is 0. The van der Waals surface area contributed by atoms with E-state index in [1.54, 1.807) is 12.1 Å². The molecule has 0 unspecified atom stereocenters. The maximum Gasteiger partial charge on any atom is 0.0457 e. The van der Waals surface area contributed by atoms with Gasteiger partial charge < -0.3 is 5.73 Å². The largest absolute Gasteiger partial charge is 0.321 e. The summed E-state index contributed by atoms with van der Waals surface area (Å²) in [6.07, 6.45) is 2.01. The topological polar surface area (TPSA) is 26.0 Å². The normalized spacial score (nSPS) is 19.2. The van der Waals surface area contributed by atoms with Crippen molar-refractivity contribution in [3.8, 4) is 0 Å². The first kappa shape index (κ1) is 8.36. The third kappa shape index (κ3) is 1.33. The summed E-state index contributed by atoms with van der Waals surface area (Å²) in [4.78, 5) is 0. The molecule has 2 rings (SSSR count). The van der Waals surface area contributed by atoms with Crippen LogP contribution in [-0.2, 0) is 5.54 Å². The number of hydrogen-bond donors (Lipinski definition) is 1. The lowest BCUT2D eigenvalue weighted by Crippen LogP contribution is -2.18. The van der Waals surface area contributed by atoms with Crippen LogP contribution >= 0.6 is 23.2 Å². The second-order valence-electron chi connectivity index (χ2n) is 3.28. The van der Waals surface area contributed by atoms with Crippen LogP contribution in [0, 0.1) is 0 Å². The highest BCUT2D eigenvalue weighted by atomic mass is 35.5. The van der Waals surface area contributed by atoms with Gasteiger partial charge in [-0.05, 0) is 36.6 Å². The van der Waals surface area contributed by atoms with E-state index >= 15 is 0 Å². The standard InChI is InChI=1S/C9H9Cl2N/c10-6-1-2-8(11)7(5-6)9(12)3-4-9/h1-2,5H,3-4,12H2. The van der Waals surface area contributed by atoms with Gasteiger partial charge in [0.25, 0.3) is 0 Å². The lowest BCUT2D eigenvalue weighted by atomic mass is 10.1. The molecule has 1 aromatic rings. The molecule has 0 amide bonds. The average Bonchev–Trinajstić information content (AvgIpc) is 2.75. The highest BCUT2D eigenvalue weighted by molar-refractivity contribution is 6.33. The zero-order chi connectivity index (χ0) is 8.77. The molecule has 0 heterocycles. The predicted molar refractivity (Wildman–Crippen MR) is 51.6 cm³/mol. The van der Waals surface area contributed by atoms with Crippen LogP contribution in [0.25, 0.3) is 0 Å². The predicted octanol–water partition coefficient (Wildman–Crippen LogP) is 2.94. The first-order valence-electron chi connectivity index (χ1n) is 3.86. The molecule has 1 aliphatic carbocycles. The Morgan fingerprint density at radius 2 is 1.92 bits per heavy atom. The molecule has 0 saturated heterocycles. The van der Waals surface area contributed by atoms with Crippen molar-refractivity contribution in [2.45, 2.75) is 18.4 Å². The van der Waals surface area contributed by atoms with Gasteiger partial charge in [0.1, 0.15) is 0 Å². The summed E-state index contributed by atoms with van der Waals surface area (Å²) in [6, 6.07) is 5.43. The molecule has 64 valence electrons. The van der Waals surface area contributed by atoms with Crippen LogP contribution in [0.3, 0.4) is 0 Å². The number of halogens is 2. The van der Waals surface area contributed by atoms with Crippen LogP contribution in [0.2, 0.25) is 10.0 Å². The molecular weight excluding hydrogens is 193 g/mol. The van der Waals surface area contributed by atoms with Crippen molar-refractivity contribution in [3.63, 3.8) is 0 Å². The van der Waals surface area contributed by atoms with Gasteiger partial charge in [-0.3, -0.25) is 0 Å². The summed E-state index contributed by atoms with van der Waals surface area (Å²) in [5.41, 5.74) is 6.79. The van der Waals surface area contributed by atoms with Gasteiger partial charge in [0.15, 0.2) is 0 Å². The van der Waals surface area contributed by atoms with Crippen molar-refractivity contribution in [2.75, 3.05) is 0 Å². The molecule has 3 heteroatoms. The highest BCUT2D eigenvalue weighted by Crippen LogP contribution is 2.45. The van der Waals surface area contributed by atoms with Crippen LogP contribution < -0.4 is 5.73 Å². The smallest absolute Gasteiger partial charge is 0.0457 e. The van der Waals surface area contributed by atoms with E-state index < -0.39 is 0 Å². The van der Waals surface area contributed by atoms with E-state index in [9.17, 15) is 0 Å². The number of rotatable bonds is 1. The minimum atomic E-state index is -0.192. The molecule has 0 atom stereocenters. The minimum Gasteiger partial charge on any atom is -0.321 e. The monoisotopic (exact) mass is 201 g/mol. The lowest BCUT2D eigenvalue weighted by molar-refractivity contribution is 0.740. The van der Waals surface area contributed by atoms with Gasteiger partial charge in [-0.25, -0.2) is 0 Å². The van der Waals surface area contributed by atoms with Gasteiger partial charge in [-0.15, -0.1) is 0 Å². The fourth-order valence-electron chi connectivity index (χ4n) is 1.28. The molecule has 0 spiro atoms. The van der Waals surface area contributed by atoms with Crippen molar-refractivity contribution in [1.82, 2.24) is 0 Å². The molecule has 1 saturated carbocycles. The maximum absolute atomic E-state index is 5.99. The van der Waals surface area contributed by atoms with E-state index in [1.807, 2.05) is 6.07 Å². The van der Waals surface area contributed by atoms with Gasteiger partial charge in [0, 0.05) is 15.6 Å². The Morgan fingerprint density at radius 3 is 2.50 bits per heavy atom. The van der Waals surface area contributed by atoms with Crippen LogP contribution in [0.15, 0.2) is 18.2 Å². The van der Waals surface area contributed by atoms with E-state index in [4.69, 9.17) is 28.9 Å². The zero-order valence-corrected chi connectivity index (χ0v) is 7.99. The van der Waals surface area contributed by atoms with Gasteiger partial charge in [-0.2, -0.15) is 0 Å². The maximum atomic E-state index is 5.99. The molecule has 1 aromatic carbocycles. The molecule has 0 aliphatic heterocycles. The zero-order valence-electron chi connectivity index (χ0n) is 6.48. The first-order valence-corrected chi connectivity index (χ1v) is 4.62. The Bertz CT molecular complexity index is 318. The summed E-state index contributed by atoms with van der Waals surface area (Å²) >= 11 is 11.8. The SMILES string of the molecule is NC1(c2cc(Cl)ccc2Cl)CC1. The fraction of sp³-hybridized carbons (Fsp3) is 0.333. The van der Waals surface area contributed by atoms with E-state index in [0.29, 0.717) is 5.02 Å². The summed E-state index contributed by atoms with van der Waals surface area (Å²) in [6.45, 7) is 0. The quantitative estimate of drug-likeness (QED) is 0.744. The molecule has 1 nitrogen and oxygen atoms in total. The third-order valence-electron chi connectivity index (χ3n) is 2.25. The van der Waals surface area contributed by atoms with E-state index in [-0.39, 0.29) is 5.54 Å². The van der Waals surface area contributed by atoms with Gasteiger partial charge in [0.2, 0.25) is 0 Å². The highest BCUT2D eigenvalue weighted by Gasteiger charge is 2.41. The van der Waals surface area contributed by atoms with Gasteiger partial charge >= 0.3 is 0 Å². The first-order chi connectivity index (χ1) is 5.62. The minimum absolute atomic E-state index is 0.192. The van der Waals surface area contributed by atoms with Crippen molar-refractivity contribution < 1.29 is 0 Å². The number of nitrogens with two attached hydrogens (primary N) is 1. The van der Waals surface area contributed by atoms with Crippen LogP contribution in [0.4, 0.5) is 0 Å². The van der Waals surface area contributed by atoms with Crippen molar-refractivity contribution in [2.24, 2.45) is 5.73 Å². The van der Waals surface area contributed by atoms with Gasteiger partial charge in [0.05, 0.1) is 0 Å². The molecule has 2 N–H and O–H groups in total. The van der Waals surface area contributed by atoms with Gasteiger partial charge in [-0.1, -0.05) is 23.2 Å². The Kier molecular flexibility index (Phi) is 1.83. The summed E-state index contributed by atoms with van der Waals surface area (Å²) in [5.74, 6) is 0. The van der Waals surface area contributed by atoms with Crippen LogP contribution in [-0.4, -0.2) is 0 Å². The van der Waals surface area contributed by atoms with Crippen molar-refractivity contribution >= 4 is 23.2 Å². The number of benzene rings is 1. The molecular formula is C9H9Cl2N. The Balaban J connectivity index is 2.48. The van der Waals surface area contributed by atoms with E-state index in [0.717, 1.165) is 23.4 Å². The Morgan fingerprint density at radius 1 is 1.25 bits per heavy atom. The molecule has 0 bridgehead atoms. The average molecular weight is 202 g/mol. The van der Waals surface area contributed by atoms with Crippen molar-refractivity contribution in [3.05, 3.63) is 33.8 Å². The van der Waals surface area contributed by atoms with Crippen molar-refractivity contribution in [1.29, 1.82) is 0 Å². The molecule has 1 fully saturated rings. The van der Waals surface area contributed by atoms with Crippen LogP contribution in [0.5, 0.6) is 0 Å².